The van der Waals surface area contributed by atoms with Crippen LogP contribution in [0.25, 0.3) is 0 Å². The Morgan fingerprint density at radius 3 is 2.07 bits per heavy atom. The molecule has 1 fully saturated rings. The summed E-state index contributed by atoms with van der Waals surface area (Å²) in [5.41, 5.74) is 1.10. The van der Waals surface area contributed by atoms with Crippen LogP contribution < -0.4 is 20.1 Å². The lowest BCUT2D eigenvalue weighted by atomic mass is 9.95. The van der Waals surface area contributed by atoms with Crippen molar-refractivity contribution in [3.8, 4) is 11.5 Å². The molecule has 3 rings (SSSR count). The van der Waals surface area contributed by atoms with Crippen LogP contribution in [0.2, 0.25) is 0 Å². The summed E-state index contributed by atoms with van der Waals surface area (Å²) in [7, 11) is 1.61. The summed E-state index contributed by atoms with van der Waals surface area (Å²) >= 11 is 0. The Hall–Kier alpha value is -3.02. The van der Waals surface area contributed by atoms with E-state index in [-0.39, 0.29) is 17.9 Å². The maximum atomic E-state index is 12.3. The highest BCUT2D eigenvalue weighted by molar-refractivity contribution is 5.97. The highest BCUT2D eigenvalue weighted by atomic mass is 16.5. The van der Waals surface area contributed by atoms with Gasteiger partial charge in [-0.1, -0.05) is 19.3 Å². The van der Waals surface area contributed by atoms with Crippen LogP contribution in [-0.2, 0) is 0 Å². The molecule has 154 valence electrons. The van der Waals surface area contributed by atoms with Crippen molar-refractivity contribution in [2.75, 3.05) is 20.3 Å². The van der Waals surface area contributed by atoms with E-state index in [4.69, 9.17) is 9.47 Å². The maximum absolute atomic E-state index is 12.3. The average molecular weight is 396 g/mol. The molecule has 0 aromatic heterocycles. The molecule has 0 bridgehead atoms. The van der Waals surface area contributed by atoms with E-state index >= 15 is 0 Å². The maximum Gasteiger partial charge on any atom is 0.251 e. The van der Waals surface area contributed by atoms with Crippen LogP contribution in [0.5, 0.6) is 11.5 Å². The third-order valence-corrected chi connectivity index (χ3v) is 5.07. The molecule has 2 N–H and O–H groups in total. The molecule has 0 unspecified atom stereocenters. The van der Waals surface area contributed by atoms with Crippen molar-refractivity contribution in [2.24, 2.45) is 0 Å². The molecule has 29 heavy (non-hydrogen) atoms. The number of nitrogens with one attached hydrogen (secondary N) is 2. The van der Waals surface area contributed by atoms with Crippen LogP contribution in [0.15, 0.2) is 48.5 Å². The highest BCUT2D eigenvalue weighted by Gasteiger charge is 2.16. The second-order valence-electron chi connectivity index (χ2n) is 7.17. The van der Waals surface area contributed by atoms with Crippen LogP contribution in [0, 0.1) is 0 Å². The lowest BCUT2D eigenvalue weighted by Crippen LogP contribution is -2.36. The Morgan fingerprint density at radius 2 is 1.45 bits per heavy atom. The minimum absolute atomic E-state index is 0.0725. The molecule has 0 atom stereocenters. The van der Waals surface area contributed by atoms with E-state index in [1.54, 1.807) is 31.4 Å². The lowest BCUT2D eigenvalue weighted by Gasteiger charge is -2.22. The Morgan fingerprint density at radius 1 is 0.862 bits per heavy atom. The molecular formula is C23H28N2O4. The van der Waals surface area contributed by atoms with Gasteiger partial charge in [-0.3, -0.25) is 9.59 Å². The summed E-state index contributed by atoms with van der Waals surface area (Å²) in [6.07, 6.45) is 5.69. The average Bonchev–Trinajstić information content (AvgIpc) is 2.77. The highest BCUT2D eigenvalue weighted by Crippen LogP contribution is 2.18. The Labute approximate surface area is 171 Å². The number of hydrogen-bond acceptors (Lipinski definition) is 4. The van der Waals surface area contributed by atoms with Gasteiger partial charge in [0.15, 0.2) is 0 Å². The monoisotopic (exact) mass is 396 g/mol. The summed E-state index contributed by atoms with van der Waals surface area (Å²) in [5, 5.41) is 5.90. The molecule has 6 heteroatoms. The van der Waals surface area contributed by atoms with Gasteiger partial charge in [0.05, 0.1) is 13.7 Å². The lowest BCUT2D eigenvalue weighted by molar-refractivity contribution is 0.0922. The molecule has 0 saturated heterocycles. The van der Waals surface area contributed by atoms with Gasteiger partial charge < -0.3 is 20.1 Å². The summed E-state index contributed by atoms with van der Waals surface area (Å²) in [6, 6.07) is 14.3. The van der Waals surface area contributed by atoms with Gasteiger partial charge in [-0.25, -0.2) is 0 Å². The molecular weight excluding hydrogens is 368 g/mol. The van der Waals surface area contributed by atoms with E-state index < -0.39 is 0 Å². The molecule has 0 aliphatic heterocycles. The Bertz CT molecular complexity index is 797. The van der Waals surface area contributed by atoms with Crippen molar-refractivity contribution in [3.63, 3.8) is 0 Å². The number of carbonyl (C=O) groups excluding carboxylic acids is 2. The minimum Gasteiger partial charge on any atom is -0.497 e. The normalized spacial score (nSPS) is 14.1. The molecule has 0 spiro atoms. The number of methoxy groups -OCH3 is 1. The zero-order chi connectivity index (χ0) is 20.5. The fourth-order valence-electron chi connectivity index (χ4n) is 3.40. The first-order chi connectivity index (χ1) is 14.2. The predicted molar refractivity (Wildman–Crippen MR) is 112 cm³/mol. The topological polar surface area (TPSA) is 76.7 Å². The molecule has 1 saturated carbocycles. The van der Waals surface area contributed by atoms with Crippen LogP contribution in [0.1, 0.15) is 52.8 Å². The van der Waals surface area contributed by atoms with Crippen molar-refractivity contribution < 1.29 is 19.1 Å². The third-order valence-electron chi connectivity index (χ3n) is 5.07. The van der Waals surface area contributed by atoms with Crippen LogP contribution >= 0.6 is 0 Å². The van der Waals surface area contributed by atoms with Gasteiger partial charge in [-0.2, -0.15) is 0 Å². The van der Waals surface area contributed by atoms with Gasteiger partial charge in [0.2, 0.25) is 0 Å². The standard InChI is InChI=1S/C23H28N2O4/c1-28-20-11-13-21(14-12-20)29-16-15-24-22(26)17-7-9-18(10-8-17)23(27)25-19-5-3-2-4-6-19/h7-14,19H,2-6,15-16H2,1H3,(H,24,26)(H,25,27). The molecule has 1 aliphatic carbocycles. The minimum atomic E-state index is -0.192. The summed E-state index contributed by atoms with van der Waals surface area (Å²) in [4.78, 5) is 24.6. The van der Waals surface area contributed by atoms with E-state index in [9.17, 15) is 9.59 Å². The van der Waals surface area contributed by atoms with Gasteiger partial charge in [-0.05, 0) is 61.4 Å². The number of carbonyl (C=O) groups is 2. The van der Waals surface area contributed by atoms with Gasteiger partial charge >= 0.3 is 0 Å². The van der Waals surface area contributed by atoms with Crippen LogP contribution in [0.4, 0.5) is 0 Å². The van der Waals surface area contributed by atoms with Crippen molar-refractivity contribution >= 4 is 11.8 Å². The zero-order valence-corrected chi connectivity index (χ0v) is 16.8. The van der Waals surface area contributed by atoms with Gasteiger partial charge in [0.1, 0.15) is 18.1 Å². The third kappa shape index (κ3) is 6.24. The molecule has 2 aromatic carbocycles. The first-order valence-electron chi connectivity index (χ1n) is 10.1. The van der Waals surface area contributed by atoms with Crippen molar-refractivity contribution in [3.05, 3.63) is 59.7 Å². The molecule has 6 nitrogen and oxygen atoms in total. The summed E-state index contributed by atoms with van der Waals surface area (Å²) in [5.74, 6) is 1.22. The van der Waals surface area contributed by atoms with Crippen molar-refractivity contribution in [1.29, 1.82) is 0 Å². The fourth-order valence-corrected chi connectivity index (χ4v) is 3.40. The van der Waals surface area contributed by atoms with E-state index in [1.165, 1.54) is 19.3 Å². The van der Waals surface area contributed by atoms with Crippen LogP contribution in [-0.4, -0.2) is 38.1 Å². The van der Waals surface area contributed by atoms with E-state index in [0.29, 0.717) is 30.0 Å². The van der Waals surface area contributed by atoms with E-state index in [2.05, 4.69) is 10.6 Å². The number of benzene rings is 2. The Balaban J connectivity index is 1.41. The van der Waals surface area contributed by atoms with Crippen molar-refractivity contribution in [2.45, 2.75) is 38.1 Å². The molecule has 2 aromatic rings. The first kappa shape index (κ1) is 20.7. The summed E-state index contributed by atoms with van der Waals surface area (Å²) < 4.78 is 10.7. The predicted octanol–water partition coefficient (Wildman–Crippen LogP) is 3.57. The van der Waals surface area contributed by atoms with Gasteiger partial charge in [0, 0.05) is 17.2 Å². The quantitative estimate of drug-likeness (QED) is 0.669. The second-order valence-corrected chi connectivity index (χ2v) is 7.17. The number of rotatable bonds is 8. The Kier molecular flexibility index (Phi) is 7.50. The van der Waals surface area contributed by atoms with Gasteiger partial charge in [0.25, 0.3) is 11.8 Å². The molecule has 1 aliphatic rings. The molecule has 0 radical (unpaired) electrons. The van der Waals surface area contributed by atoms with E-state index in [0.717, 1.165) is 18.6 Å². The second kappa shape index (κ2) is 10.5. The largest absolute Gasteiger partial charge is 0.497 e. The zero-order valence-electron chi connectivity index (χ0n) is 16.8. The number of amides is 2. The first-order valence-corrected chi connectivity index (χ1v) is 10.1. The van der Waals surface area contributed by atoms with Crippen molar-refractivity contribution in [1.82, 2.24) is 10.6 Å². The fraction of sp³-hybridized carbons (Fsp3) is 0.391. The van der Waals surface area contributed by atoms with Gasteiger partial charge in [-0.15, -0.1) is 0 Å². The number of hydrogen-bond donors (Lipinski definition) is 2. The number of ether oxygens (including phenoxy) is 2. The SMILES string of the molecule is COc1ccc(OCCNC(=O)c2ccc(C(=O)NC3CCCCC3)cc2)cc1. The smallest absolute Gasteiger partial charge is 0.251 e. The van der Waals surface area contributed by atoms with Crippen LogP contribution in [0.3, 0.4) is 0 Å². The summed E-state index contributed by atoms with van der Waals surface area (Å²) in [6.45, 7) is 0.745. The molecule has 0 heterocycles. The molecule has 2 amide bonds. The van der Waals surface area contributed by atoms with E-state index in [1.807, 2.05) is 24.3 Å².